The van der Waals surface area contributed by atoms with Crippen LogP contribution >= 0.6 is 23.2 Å². The molecule has 0 radical (unpaired) electrons. The van der Waals surface area contributed by atoms with Crippen molar-refractivity contribution in [2.24, 2.45) is 0 Å². The molecule has 0 spiro atoms. The molecule has 224 valence electrons. The number of nitro groups is 1. The normalized spacial score (nSPS) is 11.9. The number of nitrogens with zero attached hydrogens (tertiary/aromatic N) is 3. The molecule has 10 nitrogen and oxygen atoms in total. The third-order valence-corrected chi connectivity index (χ3v) is 9.02. The van der Waals surface area contributed by atoms with E-state index in [9.17, 15) is 28.1 Å². The molecule has 13 heteroatoms. The van der Waals surface area contributed by atoms with Gasteiger partial charge in [0.25, 0.3) is 15.7 Å². The van der Waals surface area contributed by atoms with Gasteiger partial charge in [0.1, 0.15) is 12.6 Å². The maximum atomic E-state index is 14.1. The van der Waals surface area contributed by atoms with Crippen molar-refractivity contribution in [3.8, 4) is 0 Å². The third kappa shape index (κ3) is 8.21. The van der Waals surface area contributed by atoms with Crippen molar-refractivity contribution >= 4 is 56.4 Å². The molecule has 1 atom stereocenters. The molecule has 0 saturated carbocycles. The van der Waals surface area contributed by atoms with Crippen LogP contribution < -0.4 is 9.62 Å². The molecule has 0 saturated heterocycles. The minimum absolute atomic E-state index is 0.0659. The van der Waals surface area contributed by atoms with Gasteiger partial charge in [0, 0.05) is 25.2 Å². The van der Waals surface area contributed by atoms with Crippen molar-refractivity contribution in [3.63, 3.8) is 0 Å². The summed E-state index contributed by atoms with van der Waals surface area (Å²) in [5, 5.41) is 14.9. The summed E-state index contributed by atoms with van der Waals surface area (Å²) < 4.78 is 28.5. The summed E-state index contributed by atoms with van der Waals surface area (Å²) >= 11 is 12.3. The topological polar surface area (TPSA) is 130 Å². The number of nitrogens with one attached hydrogen (secondary N) is 1. The fourth-order valence-electron chi connectivity index (χ4n) is 4.27. The number of rotatable bonds is 14. The third-order valence-electron chi connectivity index (χ3n) is 6.49. The fraction of sp³-hybridized carbons (Fsp3) is 0.310. The molecule has 0 aromatic heterocycles. The maximum absolute atomic E-state index is 14.1. The smallest absolute Gasteiger partial charge is 0.271 e. The van der Waals surface area contributed by atoms with E-state index in [1.807, 2.05) is 6.92 Å². The first-order chi connectivity index (χ1) is 20.0. The lowest BCUT2D eigenvalue weighted by Gasteiger charge is -2.33. The molecular formula is C29H32Cl2N4O6S. The molecule has 42 heavy (non-hydrogen) atoms. The van der Waals surface area contributed by atoms with E-state index < -0.39 is 33.4 Å². The Morgan fingerprint density at radius 1 is 0.976 bits per heavy atom. The van der Waals surface area contributed by atoms with Crippen LogP contribution in [0.15, 0.2) is 77.7 Å². The summed E-state index contributed by atoms with van der Waals surface area (Å²) in [6.45, 7) is 3.36. The number of sulfonamides is 1. The quantitative estimate of drug-likeness (QED) is 0.135. The Morgan fingerprint density at radius 2 is 1.69 bits per heavy atom. The van der Waals surface area contributed by atoms with Gasteiger partial charge < -0.3 is 10.2 Å². The first kappa shape index (κ1) is 32.8. The van der Waals surface area contributed by atoms with Gasteiger partial charge in [-0.3, -0.25) is 24.0 Å². The van der Waals surface area contributed by atoms with Crippen LogP contribution in [-0.4, -0.2) is 49.2 Å². The summed E-state index contributed by atoms with van der Waals surface area (Å²) in [5.74, 6) is -1.07. The lowest BCUT2D eigenvalue weighted by molar-refractivity contribution is -0.384. The van der Waals surface area contributed by atoms with Gasteiger partial charge in [0.2, 0.25) is 11.8 Å². The van der Waals surface area contributed by atoms with Gasteiger partial charge in [-0.1, -0.05) is 73.8 Å². The van der Waals surface area contributed by atoms with Gasteiger partial charge in [-0.15, -0.1) is 0 Å². The highest BCUT2D eigenvalue weighted by Gasteiger charge is 2.34. The van der Waals surface area contributed by atoms with Crippen LogP contribution in [0.5, 0.6) is 0 Å². The first-order valence-electron chi connectivity index (χ1n) is 13.3. The molecule has 3 aromatic carbocycles. The first-order valence-corrected chi connectivity index (χ1v) is 15.5. The van der Waals surface area contributed by atoms with Crippen LogP contribution in [0.25, 0.3) is 0 Å². The van der Waals surface area contributed by atoms with Crippen LogP contribution in [-0.2, 0) is 26.2 Å². The summed E-state index contributed by atoms with van der Waals surface area (Å²) in [6.07, 6.45) is 1.85. The Labute approximate surface area is 255 Å². The highest BCUT2D eigenvalue weighted by atomic mass is 35.5. The Kier molecular flexibility index (Phi) is 11.7. The largest absolute Gasteiger partial charge is 0.354 e. The molecule has 0 unspecified atom stereocenters. The van der Waals surface area contributed by atoms with Crippen molar-refractivity contribution in [3.05, 3.63) is 98.5 Å². The number of carbonyl (C=O) groups is 2. The van der Waals surface area contributed by atoms with Crippen molar-refractivity contribution < 1.29 is 22.9 Å². The molecule has 3 rings (SSSR count). The minimum atomic E-state index is -4.36. The molecule has 1 N–H and O–H groups in total. The molecule has 0 fully saturated rings. The summed E-state index contributed by atoms with van der Waals surface area (Å²) in [7, 11) is -4.36. The van der Waals surface area contributed by atoms with Gasteiger partial charge in [0.15, 0.2) is 0 Å². The van der Waals surface area contributed by atoms with Crippen LogP contribution in [0.3, 0.4) is 0 Å². The second-order valence-electron chi connectivity index (χ2n) is 9.44. The van der Waals surface area contributed by atoms with E-state index in [-0.39, 0.29) is 40.2 Å². The van der Waals surface area contributed by atoms with Crippen molar-refractivity contribution in [1.82, 2.24) is 10.2 Å². The number of halogens is 2. The Bertz CT molecular complexity index is 1520. The molecule has 2 amide bonds. The van der Waals surface area contributed by atoms with Crippen LogP contribution in [0, 0.1) is 10.1 Å². The van der Waals surface area contributed by atoms with Crippen molar-refractivity contribution in [2.45, 2.75) is 50.6 Å². The number of non-ortho nitro benzene ring substituents is 1. The van der Waals surface area contributed by atoms with E-state index in [0.717, 1.165) is 23.2 Å². The molecule has 0 aliphatic carbocycles. The van der Waals surface area contributed by atoms with Gasteiger partial charge >= 0.3 is 0 Å². The van der Waals surface area contributed by atoms with Gasteiger partial charge in [-0.25, -0.2) is 8.42 Å². The molecule has 0 heterocycles. The highest BCUT2D eigenvalue weighted by Crippen LogP contribution is 2.28. The number of hydrogen-bond acceptors (Lipinski definition) is 6. The zero-order valence-electron chi connectivity index (χ0n) is 23.2. The van der Waals surface area contributed by atoms with E-state index in [4.69, 9.17) is 23.2 Å². The maximum Gasteiger partial charge on any atom is 0.271 e. The number of carbonyl (C=O) groups excluding carboxylic acids is 2. The van der Waals surface area contributed by atoms with E-state index >= 15 is 0 Å². The Morgan fingerprint density at radius 3 is 2.31 bits per heavy atom. The van der Waals surface area contributed by atoms with Gasteiger partial charge in [0.05, 0.1) is 25.6 Å². The lowest BCUT2D eigenvalue weighted by Crippen LogP contribution is -2.52. The van der Waals surface area contributed by atoms with Crippen LogP contribution in [0.2, 0.25) is 10.0 Å². The van der Waals surface area contributed by atoms with E-state index in [0.29, 0.717) is 17.1 Å². The van der Waals surface area contributed by atoms with Gasteiger partial charge in [-0.05, 0) is 48.7 Å². The second kappa shape index (κ2) is 15.0. The Hall–Kier alpha value is -3.67. The number of hydrogen-bond donors (Lipinski definition) is 1. The summed E-state index contributed by atoms with van der Waals surface area (Å²) in [4.78, 5) is 39.3. The van der Waals surface area contributed by atoms with Gasteiger partial charge in [-0.2, -0.15) is 0 Å². The van der Waals surface area contributed by atoms with Crippen molar-refractivity contribution in [1.29, 1.82) is 0 Å². The van der Waals surface area contributed by atoms with E-state index in [1.54, 1.807) is 31.2 Å². The zero-order chi connectivity index (χ0) is 30.9. The molecular weight excluding hydrogens is 603 g/mol. The van der Waals surface area contributed by atoms with E-state index in [1.165, 1.54) is 47.4 Å². The average Bonchev–Trinajstić information content (AvgIpc) is 2.98. The average molecular weight is 636 g/mol. The lowest BCUT2D eigenvalue weighted by atomic mass is 10.1. The second-order valence-corrected chi connectivity index (χ2v) is 12.1. The van der Waals surface area contributed by atoms with Crippen LogP contribution in [0.4, 0.5) is 11.4 Å². The molecule has 3 aromatic rings. The monoisotopic (exact) mass is 634 g/mol. The molecule has 0 aliphatic heterocycles. The minimum Gasteiger partial charge on any atom is -0.354 e. The summed E-state index contributed by atoms with van der Waals surface area (Å²) in [5.41, 5.74) is 0.157. The molecule has 0 bridgehead atoms. The summed E-state index contributed by atoms with van der Waals surface area (Å²) in [6, 6.07) is 16.3. The number of benzene rings is 3. The fourth-order valence-corrected chi connectivity index (χ4v) is 6.02. The number of unbranched alkanes of at least 4 members (excludes halogenated alkanes) is 1. The number of anilines is 1. The van der Waals surface area contributed by atoms with Crippen LogP contribution in [0.1, 0.15) is 38.7 Å². The SMILES string of the molecule is CCCCNC(=O)[C@H](CC)N(Cc1ccc(Cl)c(Cl)c1)C(=O)CN(c1cccc([N+](=O)[O-])c1)S(=O)(=O)c1ccccc1. The highest BCUT2D eigenvalue weighted by molar-refractivity contribution is 7.92. The zero-order valence-corrected chi connectivity index (χ0v) is 25.5. The predicted octanol–water partition coefficient (Wildman–Crippen LogP) is 5.82. The standard InChI is InChI=1S/C29H32Cl2N4O6S/c1-3-5-16-32-29(37)27(4-2)33(19-21-14-15-25(30)26(31)17-21)28(36)20-34(22-10-9-11-23(18-22)35(38)39)42(40,41)24-12-7-6-8-13-24/h6-15,17-18,27H,3-5,16,19-20H2,1-2H3,(H,32,37)/t27-/m0/s1. The molecule has 0 aliphatic rings. The number of amides is 2. The van der Waals surface area contributed by atoms with Crippen molar-refractivity contribution in [2.75, 3.05) is 17.4 Å². The van der Waals surface area contributed by atoms with E-state index in [2.05, 4.69) is 5.32 Å². The predicted molar refractivity (Wildman–Crippen MR) is 163 cm³/mol. The number of nitro benzene ring substituents is 1. The Balaban J connectivity index is 2.08.